The molecule has 0 saturated carbocycles. The maximum absolute atomic E-state index is 13.1. The van der Waals surface area contributed by atoms with Gasteiger partial charge in [0.15, 0.2) is 0 Å². The van der Waals surface area contributed by atoms with Crippen LogP contribution in [0.3, 0.4) is 0 Å². The molecule has 0 aromatic heterocycles. The summed E-state index contributed by atoms with van der Waals surface area (Å²) < 4.78 is 26.7. The van der Waals surface area contributed by atoms with E-state index in [1.165, 1.54) is 19.2 Å². The largest absolute Gasteiger partial charge is 0.307 e. The fourth-order valence-corrected chi connectivity index (χ4v) is 4.09. The second-order valence-corrected chi connectivity index (χ2v) is 8.92. The van der Waals surface area contributed by atoms with E-state index in [-0.39, 0.29) is 17.3 Å². The molecule has 0 radical (unpaired) electrons. The fourth-order valence-electron chi connectivity index (χ4n) is 2.95. The van der Waals surface area contributed by atoms with Crippen molar-refractivity contribution in [3.63, 3.8) is 0 Å². The number of carbonyl (C=O) groups is 1. The van der Waals surface area contributed by atoms with Crippen LogP contribution in [0.2, 0.25) is 0 Å². The highest BCUT2D eigenvalue weighted by atomic mass is 32.2. The number of sulfonamides is 1. The second kappa shape index (κ2) is 9.03. The van der Waals surface area contributed by atoms with Crippen LogP contribution in [-0.4, -0.2) is 32.2 Å². The zero-order chi connectivity index (χ0) is 20.9. The molecule has 0 aliphatic heterocycles. The lowest BCUT2D eigenvalue weighted by Gasteiger charge is -2.26. The predicted octanol–water partition coefficient (Wildman–Crippen LogP) is 3.85. The van der Waals surface area contributed by atoms with Crippen molar-refractivity contribution in [3.05, 3.63) is 96.1 Å². The first-order valence-corrected chi connectivity index (χ1v) is 10.7. The smallest absolute Gasteiger partial charge is 0.243 e. The molecule has 5 nitrogen and oxygen atoms in total. The summed E-state index contributed by atoms with van der Waals surface area (Å²) in [7, 11) is -2.32. The number of amides is 1. The number of aryl methyl sites for hydroxylation is 1. The van der Waals surface area contributed by atoms with Crippen molar-refractivity contribution in [2.75, 3.05) is 18.5 Å². The van der Waals surface area contributed by atoms with E-state index in [0.717, 1.165) is 21.1 Å². The average molecular weight is 409 g/mol. The molecule has 0 N–H and O–H groups in total. The third-order valence-corrected chi connectivity index (χ3v) is 6.46. The summed E-state index contributed by atoms with van der Waals surface area (Å²) in [4.78, 5) is 14.9. The van der Waals surface area contributed by atoms with Gasteiger partial charge in [0.1, 0.15) is 0 Å². The minimum absolute atomic E-state index is 0.167. The highest BCUT2D eigenvalue weighted by Gasteiger charge is 2.26. The number of hydrogen-bond acceptors (Lipinski definition) is 3. The van der Waals surface area contributed by atoms with Crippen molar-refractivity contribution in [1.82, 2.24) is 4.31 Å². The van der Waals surface area contributed by atoms with Crippen LogP contribution in [0.15, 0.2) is 89.8 Å². The summed E-state index contributed by atoms with van der Waals surface area (Å²) in [5.74, 6) is -0.292. The van der Waals surface area contributed by atoms with Gasteiger partial charge in [-0.2, -0.15) is 4.31 Å². The van der Waals surface area contributed by atoms with E-state index in [2.05, 4.69) is 0 Å². The number of carbonyl (C=O) groups excluding carboxylic acids is 1. The normalized spacial score (nSPS) is 11.4. The molecule has 0 aliphatic rings. The van der Waals surface area contributed by atoms with Crippen molar-refractivity contribution in [1.29, 1.82) is 0 Å². The minimum atomic E-state index is -3.74. The monoisotopic (exact) mass is 408 g/mol. The van der Waals surface area contributed by atoms with E-state index in [1.807, 2.05) is 61.5 Å². The summed E-state index contributed by atoms with van der Waals surface area (Å²) in [5.41, 5.74) is 2.79. The van der Waals surface area contributed by atoms with E-state index in [0.29, 0.717) is 6.54 Å². The topological polar surface area (TPSA) is 57.7 Å². The van der Waals surface area contributed by atoms with Crippen molar-refractivity contribution in [2.45, 2.75) is 18.4 Å². The molecule has 3 rings (SSSR count). The zero-order valence-corrected chi connectivity index (χ0v) is 17.3. The lowest BCUT2D eigenvalue weighted by Crippen LogP contribution is -2.41. The number of benzene rings is 3. The molecule has 150 valence electrons. The Morgan fingerprint density at radius 3 is 1.97 bits per heavy atom. The second-order valence-electron chi connectivity index (χ2n) is 6.88. The molecule has 0 atom stereocenters. The first kappa shape index (κ1) is 20.8. The van der Waals surface area contributed by atoms with Gasteiger partial charge in [-0.25, -0.2) is 8.42 Å². The van der Waals surface area contributed by atoms with Crippen LogP contribution in [0.25, 0.3) is 0 Å². The van der Waals surface area contributed by atoms with Crippen LogP contribution in [-0.2, 0) is 21.4 Å². The molecule has 6 heteroatoms. The Morgan fingerprint density at radius 2 is 1.38 bits per heavy atom. The first-order valence-electron chi connectivity index (χ1n) is 9.30. The molecule has 0 spiro atoms. The number of rotatable bonds is 7. The maximum atomic E-state index is 13.1. The Morgan fingerprint density at radius 1 is 0.828 bits per heavy atom. The highest BCUT2D eigenvalue weighted by Crippen LogP contribution is 2.20. The molecule has 0 unspecified atom stereocenters. The van der Waals surface area contributed by atoms with E-state index >= 15 is 0 Å². The zero-order valence-electron chi connectivity index (χ0n) is 16.5. The molecular formula is C23H24N2O3S. The SMILES string of the molecule is Cc1ccc(N(Cc2ccccc2)C(=O)CN(C)S(=O)(=O)c2ccccc2)cc1. The van der Waals surface area contributed by atoms with Crippen LogP contribution in [0.1, 0.15) is 11.1 Å². The summed E-state index contributed by atoms with van der Waals surface area (Å²) >= 11 is 0. The third-order valence-electron chi connectivity index (χ3n) is 4.64. The minimum Gasteiger partial charge on any atom is -0.307 e. The molecule has 0 saturated heterocycles. The van der Waals surface area contributed by atoms with Crippen LogP contribution < -0.4 is 4.90 Å². The van der Waals surface area contributed by atoms with Crippen molar-refractivity contribution in [3.8, 4) is 0 Å². The van der Waals surface area contributed by atoms with Crippen LogP contribution in [0.4, 0.5) is 5.69 Å². The summed E-state index contributed by atoms with van der Waals surface area (Å²) in [5, 5.41) is 0. The molecule has 29 heavy (non-hydrogen) atoms. The van der Waals surface area contributed by atoms with Gasteiger partial charge in [0.2, 0.25) is 15.9 Å². The number of anilines is 1. The van der Waals surface area contributed by atoms with E-state index in [1.54, 1.807) is 23.1 Å². The van der Waals surface area contributed by atoms with Gasteiger partial charge in [0, 0.05) is 12.7 Å². The van der Waals surface area contributed by atoms with Gasteiger partial charge < -0.3 is 4.90 Å². The van der Waals surface area contributed by atoms with Gasteiger partial charge >= 0.3 is 0 Å². The number of nitrogens with zero attached hydrogens (tertiary/aromatic N) is 2. The van der Waals surface area contributed by atoms with Gasteiger partial charge in [0.25, 0.3) is 0 Å². The van der Waals surface area contributed by atoms with E-state index in [4.69, 9.17) is 0 Å². The molecule has 3 aromatic rings. The Labute approximate surface area is 172 Å². The van der Waals surface area contributed by atoms with E-state index in [9.17, 15) is 13.2 Å². The third kappa shape index (κ3) is 5.10. The molecule has 0 aliphatic carbocycles. The molecule has 0 bridgehead atoms. The lowest BCUT2D eigenvalue weighted by atomic mass is 10.1. The molecular weight excluding hydrogens is 384 g/mol. The van der Waals surface area contributed by atoms with Crippen LogP contribution in [0.5, 0.6) is 0 Å². The van der Waals surface area contributed by atoms with Crippen molar-refractivity contribution in [2.24, 2.45) is 0 Å². The van der Waals surface area contributed by atoms with Gasteiger partial charge in [-0.05, 0) is 36.8 Å². The predicted molar refractivity (Wildman–Crippen MR) is 115 cm³/mol. The Bertz CT molecular complexity index is 1050. The van der Waals surface area contributed by atoms with E-state index < -0.39 is 10.0 Å². The van der Waals surface area contributed by atoms with Crippen molar-refractivity contribution >= 4 is 21.6 Å². The van der Waals surface area contributed by atoms with Gasteiger partial charge in [0.05, 0.1) is 18.0 Å². The average Bonchev–Trinajstić information content (AvgIpc) is 2.74. The Kier molecular flexibility index (Phi) is 6.46. The lowest BCUT2D eigenvalue weighted by molar-refractivity contribution is -0.118. The Hall–Kier alpha value is -2.96. The highest BCUT2D eigenvalue weighted by molar-refractivity contribution is 7.89. The molecule has 1 amide bonds. The van der Waals surface area contributed by atoms with Crippen LogP contribution >= 0.6 is 0 Å². The van der Waals surface area contributed by atoms with Crippen molar-refractivity contribution < 1.29 is 13.2 Å². The Balaban J connectivity index is 1.85. The summed E-state index contributed by atoms with van der Waals surface area (Å²) in [6.07, 6.45) is 0. The number of hydrogen-bond donors (Lipinski definition) is 0. The fraction of sp³-hybridized carbons (Fsp3) is 0.174. The molecule has 0 fully saturated rings. The molecule has 0 heterocycles. The van der Waals surface area contributed by atoms with Crippen LogP contribution in [0, 0.1) is 6.92 Å². The van der Waals surface area contributed by atoms with Gasteiger partial charge in [-0.3, -0.25) is 4.79 Å². The first-order chi connectivity index (χ1) is 13.9. The summed E-state index contributed by atoms with van der Waals surface area (Å²) in [6.45, 7) is 2.09. The maximum Gasteiger partial charge on any atom is 0.243 e. The molecule has 3 aromatic carbocycles. The van der Waals surface area contributed by atoms with Gasteiger partial charge in [-0.1, -0.05) is 66.2 Å². The number of likely N-dealkylation sites (N-methyl/N-ethyl adjacent to an activating group) is 1. The summed E-state index contributed by atoms with van der Waals surface area (Å²) in [6, 6.07) is 25.4. The standard InChI is InChI=1S/C23H24N2O3S/c1-19-13-15-21(16-14-19)25(17-20-9-5-3-6-10-20)23(26)18-24(2)29(27,28)22-11-7-4-8-12-22/h3-16H,17-18H2,1-2H3. The van der Waals surface area contributed by atoms with Gasteiger partial charge in [-0.15, -0.1) is 0 Å². The quantitative estimate of drug-likeness (QED) is 0.597.